The van der Waals surface area contributed by atoms with Crippen molar-refractivity contribution in [2.45, 2.75) is 84.5 Å². The van der Waals surface area contributed by atoms with Crippen LogP contribution in [0.1, 0.15) is 74.8 Å². The van der Waals surface area contributed by atoms with Crippen molar-refractivity contribution in [2.75, 3.05) is 18.0 Å². The van der Waals surface area contributed by atoms with Crippen LogP contribution in [0, 0.1) is 19.8 Å². The molecular weight excluding hydrogens is 354 g/mol. The molecule has 154 valence electrons. The summed E-state index contributed by atoms with van der Waals surface area (Å²) in [4.78, 5) is 15.0. The average Bonchev–Trinajstić information content (AvgIpc) is 3.22. The molecular formula is C23H33NO4. The molecule has 3 aliphatic rings. The number of carbonyl (C=O) groups excluding carboxylic acids is 1. The topological polar surface area (TPSA) is 59.0 Å². The molecule has 0 radical (unpaired) electrons. The van der Waals surface area contributed by atoms with Crippen molar-refractivity contribution in [3.63, 3.8) is 0 Å². The van der Waals surface area contributed by atoms with Gasteiger partial charge in [-0.25, -0.2) is 0 Å². The van der Waals surface area contributed by atoms with Gasteiger partial charge in [-0.1, -0.05) is 6.92 Å². The van der Waals surface area contributed by atoms with Gasteiger partial charge in [0.1, 0.15) is 17.5 Å². The van der Waals surface area contributed by atoms with E-state index in [0.29, 0.717) is 12.8 Å². The number of aliphatic hydroxyl groups is 1. The predicted molar refractivity (Wildman–Crippen MR) is 109 cm³/mol. The van der Waals surface area contributed by atoms with Gasteiger partial charge in [-0.3, -0.25) is 4.79 Å². The Balaban J connectivity index is 1.84. The molecule has 3 aliphatic heterocycles. The summed E-state index contributed by atoms with van der Waals surface area (Å²) in [7, 11) is 0. The highest BCUT2D eigenvalue weighted by atomic mass is 16.6. The van der Waals surface area contributed by atoms with Crippen LogP contribution in [0.3, 0.4) is 0 Å². The Bertz CT molecular complexity index is 795. The van der Waals surface area contributed by atoms with E-state index in [1.54, 1.807) is 0 Å². The summed E-state index contributed by atoms with van der Waals surface area (Å²) in [5, 5.41) is 10.6. The number of fused-ring (bicyclic) bond motifs is 1. The largest absolute Gasteiger partial charge is 0.487 e. The lowest BCUT2D eigenvalue weighted by Gasteiger charge is -2.35. The van der Waals surface area contributed by atoms with Gasteiger partial charge >= 0.3 is 5.97 Å². The normalized spacial score (nSPS) is 28.9. The van der Waals surface area contributed by atoms with Crippen LogP contribution in [-0.2, 0) is 16.0 Å². The fraction of sp³-hybridized carbons (Fsp3) is 0.696. The molecule has 1 N–H and O–H groups in total. The number of hydrogen-bond acceptors (Lipinski definition) is 5. The first-order valence-electron chi connectivity index (χ1n) is 10.7. The highest BCUT2D eigenvalue weighted by Crippen LogP contribution is 2.50. The van der Waals surface area contributed by atoms with Gasteiger partial charge in [-0.2, -0.15) is 0 Å². The van der Waals surface area contributed by atoms with E-state index < -0.39 is 18.1 Å². The maximum atomic E-state index is 12.5. The zero-order valence-corrected chi connectivity index (χ0v) is 17.8. The number of ether oxygens (including phenoxy) is 2. The molecule has 0 amide bonds. The van der Waals surface area contributed by atoms with Crippen LogP contribution >= 0.6 is 0 Å². The number of benzene rings is 1. The molecule has 2 fully saturated rings. The van der Waals surface area contributed by atoms with Gasteiger partial charge in [-0.15, -0.1) is 0 Å². The molecule has 5 nitrogen and oxygen atoms in total. The van der Waals surface area contributed by atoms with E-state index in [1.807, 2.05) is 6.92 Å². The molecule has 0 saturated carbocycles. The second kappa shape index (κ2) is 6.94. The van der Waals surface area contributed by atoms with Crippen molar-refractivity contribution in [1.82, 2.24) is 0 Å². The van der Waals surface area contributed by atoms with Gasteiger partial charge in [0, 0.05) is 42.7 Å². The monoisotopic (exact) mass is 387 g/mol. The molecule has 0 aliphatic carbocycles. The molecule has 3 unspecified atom stereocenters. The number of carbonyl (C=O) groups is 1. The summed E-state index contributed by atoms with van der Waals surface area (Å²) < 4.78 is 12.3. The van der Waals surface area contributed by atoms with Gasteiger partial charge in [-0.05, 0) is 58.1 Å². The average molecular weight is 388 g/mol. The Morgan fingerprint density at radius 2 is 1.86 bits per heavy atom. The lowest BCUT2D eigenvalue weighted by Crippen LogP contribution is -2.38. The minimum absolute atomic E-state index is 0.277. The van der Waals surface area contributed by atoms with Crippen molar-refractivity contribution in [3.8, 4) is 5.75 Å². The van der Waals surface area contributed by atoms with Crippen LogP contribution < -0.4 is 9.64 Å². The first-order valence-corrected chi connectivity index (χ1v) is 10.7. The van der Waals surface area contributed by atoms with Crippen molar-refractivity contribution < 1.29 is 19.4 Å². The molecule has 3 atom stereocenters. The summed E-state index contributed by atoms with van der Waals surface area (Å²) in [5.74, 6) is 0.160. The predicted octanol–water partition coefficient (Wildman–Crippen LogP) is 3.99. The molecule has 28 heavy (non-hydrogen) atoms. The van der Waals surface area contributed by atoms with Crippen LogP contribution in [0.25, 0.3) is 0 Å². The van der Waals surface area contributed by atoms with E-state index in [-0.39, 0.29) is 11.6 Å². The first kappa shape index (κ1) is 19.6. The number of anilines is 1. The van der Waals surface area contributed by atoms with Crippen molar-refractivity contribution in [2.24, 2.45) is 5.92 Å². The second-order valence-corrected chi connectivity index (χ2v) is 9.30. The zero-order chi connectivity index (χ0) is 20.2. The zero-order valence-electron chi connectivity index (χ0n) is 17.8. The van der Waals surface area contributed by atoms with E-state index in [1.165, 1.54) is 29.7 Å². The highest BCUT2D eigenvalue weighted by molar-refractivity contribution is 5.76. The van der Waals surface area contributed by atoms with Crippen LogP contribution in [0.2, 0.25) is 0 Å². The lowest BCUT2D eigenvalue weighted by atomic mass is 9.85. The SMILES string of the molecule is CCC1C(=O)OC(c2c(C)c(N3CCCC3)c(C)c3c2OC(C)(C)C3)CC1O. The lowest BCUT2D eigenvalue weighted by molar-refractivity contribution is -0.170. The Morgan fingerprint density at radius 1 is 1.18 bits per heavy atom. The summed E-state index contributed by atoms with van der Waals surface area (Å²) in [6, 6.07) is 0. The summed E-state index contributed by atoms with van der Waals surface area (Å²) in [6.07, 6.45) is 3.19. The minimum Gasteiger partial charge on any atom is -0.487 e. The van der Waals surface area contributed by atoms with E-state index >= 15 is 0 Å². The van der Waals surface area contributed by atoms with Gasteiger partial charge in [0.25, 0.3) is 0 Å². The Labute approximate surface area is 168 Å². The van der Waals surface area contributed by atoms with E-state index in [4.69, 9.17) is 9.47 Å². The molecule has 5 heteroatoms. The third-order valence-electron chi connectivity index (χ3n) is 6.73. The first-order chi connectivity index (χ1) is 13.2. The fourth-order valence-electron chi connectivity index (χ4n) is 5.36. The van der Waals surface area contributed by atoms with Gasteiger partial charge < -0.3 is 19.5 Å². The number of cyclic esters (lactones) is 1. The van der Waals surface area contributed by atoms with Crippen LogP contribution in [0.15, 0.2) is 0 Å². The number of aliphatic hydroxyl groups excluding tert-OH is 1. The second-order valence-electron chi connectivity index (χ2n) is 9.30. The van der Waals surface area contributed by atoms with Gasteiger partial charge in [0.2, 0.25) is 0 Å². The van der Waals surface area contributed by atoms with Crippen LogP contribution in [-0.4, -0.2) is 35.9 Å². The van der Waals surface area contributed by atoms with Gasteiger partial charge in [0.15, 0.2) is 0 Å². The summed E-state index contributed by atoms with van der Waals surface area (Å²) in [5.41, 5.74) is 5.62. The van der Waals surface area contributed by atoms with Gasteiger partial charge in [0.05, 0.1) is 12.0 Å². The van der Waals surface area contributed by atoms with Crippen LogP contribution in [0.4, 0.5) is 5.69 Å². The molecule has 2 saturated heterocycles. The molecule has 0 aromatic heterocycles. The Morgan fingerprint density at radius 3 is 2.46 bits per heavy atom. The maximum Gasteiger partial charge on any atom is 0.312 e. The summed E-state index contributed by atoms with van der Waals surface area (Å²) >= 11 is 0. The molecule has 1 aromatic rings. The summed E-state index contributed by atoms with van der Waals surface area (Å²) in [6.45, 7) is 12.6. The fourth-order valence-corrected chi connectivity index (χ4v) is 5.36. The quantitative estimate of drug-likeness (QED) is 0.795. The number of esters is 1. The molecule has 3 heterocycles. The maximum absolute atomic E-state index is 12.5. The third kappa shape index (κ3) is 3.08. The molecule has 0 spiro atoms. The Kier molecular flexibility index (Phi) is 4.85. The number of hydrogen-bond donors (Lipinski definition) is 1. The van der Waals surface area contributed by atoms with Crippen molar-refractivity contribution >= 4 is 11.7 Å². The van der Waals surface area contributed by atoms with E-state index in [0.717, 1.165) is 36.4 Å². The minimum atomic E-state index is -0.669. The third-order valence-corrected chi connectivity index (χ3v) is 6.73. The van der Waals surface area contributed by atoms with E-state index in [2.05, 4.69) is 32.6 Å². The number of rotatable bonds is 3. The highest BCUT2D eigenvalue weighted by Gasteiger charge is 2.43. The smallest absolute Gasteiger partial charge is 0.312 e. The van der Waals surface area contributed by atoms with Crippen molar-refractivity contribution in [1.29, 1.82) is 0 Å². The molecule has 1 aromatic carbocycles. The standard InChI is InChI=1S/C23H33NO4/c1-6-15-17(25)11-18(27-22(15)26)19-14(3)20(24-9-7-8-10-24)13(2)16-12-23(4,5)28-21(16)19/h15,17-18,25H,6-12H2,1-5H3. The van der Waals surface area contributed by atoms with E-state index in [9.17, 15) is 9.90 Å². The number of nitrogens with zero attached hydrogens (tertiary/aromatic N) is 1. The molecule has 0 bridgehead atoms. The van der Waals surface area contributed by atoms with Crippen molar-refractivity contribution in [3.05, 3.63) is 22.3 Å². The Hall–Kier alpha value is -1.75. The molecule has 4 rings (SSSR count). The van der Waals surface area contributed by atoms with Crippen LogP contribution in [0.5, 0.6) is 5.75 Å².